The molecule has 0 radical (unpaired) electrons. The van der Waals surface area contributed by atoms with Crippen LogP contribution in [0.3, 0.4) is 0 Å². The van der Waals surface area contributed by atoms with E-state index in [0.717, 1.165) is 18.5 Å². The van der Waals surface area contributed by atoms with Crippen molar-refractivity contribution in [3.05, 3.63) is 30.3 Å². The van der Waals surface area contributed by atoms with Gasteiger partial charge in [-0.05, 0) is 25.0 Å². The van der Waals surface area contributed by atoms with Crippen LogP contribution in [0.2, 0.25) is 0 Å². The van der Waals surface area contributed by atoms with Gasteiger partial charge in [-0.25, -0.2) is 9.59 Å². The Morgan fingerprint density at radius 1 is 1.23 bits per heavy atom. The van der Waals surface area contributed by atoms with Gasteiger partial charge < -0.3 is 19.9 Å². The predicted octanol–water partition coefficient (Wildman–Crippen LogP) is 2.53. The molecule has 1 atom stereocenters. The van der Waals surface area contributed by atoms with Crippen LogP contribution in [0.1, 0.15) is 19.3 Å². The summed E-state index contributed by atoms with van der Waals surface area (Å²) in [5.41, 5.74) is 0.367. The highest BCUT2D eigenvalue weighted by Crippen LogP contribution is 2.32. The zero-order chi connectivity index (χ0) is 15.6. The number of benzene rings is 1. The largest absolute Gasteiger partial charge is 0.441 e. The minimum absolute atomic E-state index is 0.0964. The van der Waals surface area contributed by atoms with Crippen LogP contribution >= 0.6 is 0 Å². The standard InChI is InChI=1S/C16H21N3O3/c1-18-12-16(22-15(18)21)8-5-10-19(11-9-16)14(20)17-13-6-3-2-4-7-13/h2-4,6-7H,5,8-12H2,1H3,(H,17,20). The first kappa shape index (κ1) is 14.7. The molecule has 2 aliphatic heterocycles. The lowest BCUT2D eigenvalue weighted by Crippen LogP contribution is -2.38. The number of hydrogen-bond acceptors (Lipinski definition) is 3. The van der Waals surface area contributed by atoms with Crippen LogP contribution in [0.25, 0.3) is 0 Å². The van der Waals surface area contributed by atoms with Crippen LogP contribution in [0.4, 0.5) is 15.3 Å². The molecule has 0 aliphatic carbocycles. The van der Waals surface area contributed by atoms with Gasteiger partial charge in [0.25, 0.3) is 0 Å². The Labute approximate surface area is 130 Å². The molecule has 1 N–H and O–H groups in total. The number of nitrogens with zero attached hydrogens (tertiary/aromatic N) is 2. The number of urea groups is 1. The van der Waals surface area contributed by atoms with Crippen molar-refractivity contribution in [1.82, 2.24) is 9.80 Å². The first-order valence-corrected chi connectivity index (χ1v) is 7.63. The van der Waals surface area contributed by atoms with Gasteiger partial charge in [0.2, 0.25) is 0 Å². The predicted molar refractivity (Wildman–Crippen MR) is 82.7 cm³/mol. The number of hydrogen-bond donors (Lipinski definition) is 1. The summed E-state index contributed by atoms with van der Waals surface area (Å²) in [5.74, 6) is 0. The van der Waals surface area contributed by atoms with Gasteiger partial charge >= 0.3 is 12.1 Å². The fourth-order valence-corrected chi connectivity index (χ4v) is 3.15. The summed E-state index contributed by atoms with van der Waals surface area (Å²) < 4.78 is 5.56. The maximum Gasteiger partial charge on any atom is 0.410 e. The Kier molecular flexibility index (Phi) is 3.92. The lowest BCUT2D eigenvalue weighted by atomic mass is 9.95. The molecule has 0 bridgehead atoms. The number of carbonyl (C=O) groups excluding carboxylic acids is 2. The molecule has 1 aromatic carbocycles. The molecule has 1 spiro atoms. The first-order valence-electron chi connectivity index (χ1n) is 7.63. The van der Waals surface area contributed by atoms with Crippen molar-refractivity contribution in [3.63, 3.8) is 0 Å². The number of likely N-dealkylation sites (N-methyl/N-ethyl adjacent to an activating group) is 1. The number of amides is 3. The maximum absolute atomic E-state index is 12.3. The summed E-state index contributed by atoms with van der Waals surface area (Å²) in [7, 11) is 1.75. The van der Waals surface area contributed by atoms with Crippen LogP contribution in [0.15, 0.2) is 30.3 Å². The molecule has 2 aliphatic rings. The molecular formula is C16H21N3O3. The smallest absolute Gasteiger partial charge is 0.410 e. The molecule has 22 heavy (non-hydrogen) atoms. The molecule has 1 aromatic rings. The van der Waals surface area contributed by atoms with E-state index in [4.69, 9.17) is 4.74 Å². The maximum atomic E-state index is 12.3. The van der Waals surface area contributed by atoms with E-state index in [1.54, 1.807) is 16.8 Å². The molecule has 6 heteroatoms. The Morgan fingerprint density at radius 3 is 2.68 bits per heavy atom. The number of likely N-dealkylation sites (tertiary alicyclic amines) is 1. The minimum atomic E-state index is -0.423. The Bertz CT molecular complexity index is 563. The highest BCUT2D eigenvalue weighted by Gasteiger charge is 2.44. The number of anilines is 1. The van der Waals surface area contributed by atoms with E-state index in [1.807, 2.05) is 30.3 Å². The number of rotatable bonds is 1. The summed E-state index contributed by atoms with van der Waals surface area (Å²) >= 11 is 0. The van der Waals surface area contributed by atoms with Gasteiger partial charge in [-0.15, -0.1) is 0 Å². The zero-order valence-corrected chi connectivity index (χ0v) is 12.7. The second-order valence-corrected chi connectivity index (χ2v) is 6.04. The Balaban J connectivity index is 1.61. The summed E-state index contributed by atoms with van der Waals surface area (Å²) in [6.45, 7) is 1.89. The molecule has 0 saturated carbocycles. The van der Waals surface area contributed by atoms with Crippen LogP contribution in [0, 0.1) is 0 Å². The lowest BCUT2D eigenvalue weighted by molar-refractivity contribution is 0.0454. The fourth-order valence-electron chi connectivity index (χ4n) is 3.15. The third-order valence-corrected chi connectivity index (χ3v) is 4.35. The SMILES string of the molecule is CN1CC2(CCCN(C(=O)Nc3ccccc3)CC2)OC1=O. The summed E-state index contributed by atoms with van der Waals surface area (Å²) in [5, 5.41) is 2.90. The van der Waals surface area contributed by atoms with Gasteiger partial charge in [0.15, 0.2) is 0 Å². The minimum Gasteiger partial charge on any atom is -0.441 e. The van der Waals surface area contributed by atoms with E-state index in [0.29, 0.717) is 26.1 Å². The van der Waals surface area contributed by atoms with Crippen molar-refractivity contribution >= 4 is 17.8 Å². The van der Waals surface area contributed by atoms with Crippen molar-refractivity contribution in [1.29, 1.82) is 0 Å². The van der Waals surface area contributed by atoms with Crippen molar-refractivity contribution < 1.29 is 14.3 Å². The summed E-state index contributed by atoms with van der Waals surface area (Å²) in [6.07, 6.45) is 2.06. The lowest BCUT2D eigenvalue weighted by Gasteiger charge is -2.25. The Hall–Kier alpha value is -2.24. The van der Waals surface area contributed by atoms with E-state index in [1.165, 1.54) is 0 Å². The average molecular weight is 303 g/mol. The second-order valence-electron chi connectivity index (χ2n) is 6.04. The van der Waals surface area contributed by atoms with Crippen LogP contribution in [-0.4, -0.2) is 54.2 Å². The normalized spacial score (nSPS) is 25.0. The highest BCUT2D eigenvalue weighted by molar-refractivity contribution is 5.89. The van der Waals surface area contributed by atoms with Gasteiger partial charge in [0.1, 0.15) is 5.60 Å². The zero-order valence-electron chi connectivity index (χ0n) is 12.7. The summed E-state index contributed by atoms with van der Waals surface area (Å²) in [4.78, 5) is 27.4. The van der Waals surface area contributed by atoms with Crippen LogP contribution in [-0.2, 0) is 4.74 Å². The number of ether oxygens (including phenoxy) is 1. The van der Waals surface area contributed by atoms with E-state index in [2.05, 4.69) is 5.32 Å². The molecule has 2 fully saturated rings. The molecule has 2 saturated heterocycles. The number of carbonyl (C=O) groups is 2. The first-order chi connectivity index (χ1) is 10.6. The molecule has 1 unspecified atom stereocenters. The molecule has 6 nitrogen and oxygen atoms in total. The van der Waals surface area contributed by atoms with Crippen molar-refractivity contribution in [2.45, 2.75) is 24.9 Å². The Morgan fingerprint density at radius 2 is 2.00 bits per heavy atom. The number of para-hydroxylation sites is 1. The monoisotopic (exact) mass is 303 g/mol. The van der Waals surface area contributed by atoms with Gasteiger partial charge in [-0.2, -0.15) is 0 Å². The van der Waals surface area contributed by atoms with Crippen LogP contribution in [0.5, 0.6) is 0 Å². The molecule has 118 valence electrons. The quantitative estimate of drug-likeness (QED) is 0.867. The van der Waals surface area contributed by atoms with Gasteiger partial charge in [0, 0.05) is 32.2 Å². The second kappa shape index (κ2) is 5.87. The summed E-state index contributed by atoms with van der Waals surface area (Å²) in [6, 6.07) is 9.33. The molecule has 2 heterocycles. The van der Waals surface area contributed by atoms with Crippen LogP contribution < -0.4 is 5.32 Å². The molecule has 0 aromatic heterocycles. The van der Waals surface area contributed by atoms with Gasteiger partial charge in [0.05, 0.1) is 6.54 Å². The van der Waals surface area contributed by atoms with E-state index < -0.39 is 5.60 Å². The van der Waals surface area contributed by atoms with Gasteiger partial charge in [-0.3, -0.25) is 0 Å². The molecule has 3 rings (SSSR count). The third kappa shape index (κ3) is 3.00. The van der Waals surface area contributed by atoms with Crippen molar-refractivity contribution in [2.24, 2.45) is 0 Å². The number of nitrogens with one attached hydrogen (secondary N) is 1. The topological polar surface area (TPSA) is 61.9 Å². The van der Waals surface area contributed by atoms with Crippen molar-refractivity contribution in [3.8, 4) is 0 Å². The van der Waals surface area contributed by atoms with E-state index in [9.17, 15) is 9.59 Å². The van der Waals surface area contributed by atoms with Gasteiger partial charge in [-0.1, -0.05) is 18.2 Å². The average Bonchev–Trinajstić information content (AvgIpc) is 2.67. The molecular weight excluding hydrogens is 282 g/mol. The van der Waals surface area contributed by atoms with Crippen molar-refractivity contribution in [2.75, 3.05) is 32.0 Å². The fraction of sp³-hybridized carbons (Fsp3) is 0.500. The van der Waals surface area contributed by atoms with E-state index in [-0.39, 0.29) is 12.1 Å². The highest BCUT2D eigenvalue weighted by atomic mass is 16.6. The van der Waals surface area contributed by atoms with E-state index >= 15 is 0 Å². The molecule has 3 amide bonds. The third-order valence-electron chi connectivity index (χ3n) is 4.35.